The van der Waals surface area contributed by atoms with E-state index in [1.807, 2.05) is 11.3 Å². The topological polar surface area (TPSA) is 42.2 Å². The predicted octanol–water partition coefficient (Wildman–Crippen LogP) is 3.18. The summed E-state index contributed by atoms with van der Waals surface area (Å²) in [5.41, 5.74) is 7.06. The summed E-state index contributed by atoms with van der Waals surface area (Å²) in [6, 6.07) is 0. The highest BCUT2D eigenvalue weighted by atomic mass is 32.1. The van der Waals surface area contributed by atoms with E-state index in [-0.39, 0.29) is 0 Å². The monoisotopic (exact) mass is 267 g/mol. The molecule has 18 heavy (non-hydrogen) atoms. The Morgan fingerprint density at radius 2 is 2.28 bits per heavy atom. The molecule has 0 amide bonds. The molecule has 1 aliphatic heterocycles. The first-order chi connectivity index (χ1) is 8.78. The Hall–Kier alpha value is -0.610. The summed E-state index contributed by atoms with van der Waals surface area (Å²) in [6.45, 7) is 7.48. The number of thiazole rings is 1. The molecule has 0 radical (unpaired) electrons. The van der Waals surface area contributed by atoms with Gasteiger partial charge in [-0.2, -0.15) is 0 Å². The second-order valence-corrected chi connectivity index (χ2v) is 6.25. The van der Waals surface area contributed by atoms with Crippen LogP contribution >= 0.6 is 11.3 Å². The molecule has 0 saturated carbocycles. The number of hydrogen-bond donors (Lipinski definition) is 1. The number of hydrogen-bond acceptors (Lipinski definition) is 4. The summed E-state index contributed by atoms with van der Waals surface area (Å²) in [7, 11) is 0. The second kappa shape index (κ2) is 6.53. The van der Waals surface area contributed by atoms with Gasteiger partial charge in [-0.25, -0.2) is 4.98 Å². The van der Waals surface area contributed by atoms with Crippen LogP contribution in [-0.2, 0) is 13.0 Å². The summed E-state index contributed by atoms with van der Waals surface area (Å²) < 4.78 is 0. The summed E-state index contributed by atoms with van der Waals surface area (Å²) in [4.78, 5) is 8.58. The minimum absolute atomic E-state index is 0.637. The average Bonchev–Trinajstić information content (AvgIpc) is 2.82. The molecule has 2 N–H and O–H groups in total. The van der Waals surface area contributed by atoms with E-state index in [1.165, 1.54) is 48.1 Å². The Morgan fingerprint density at radius 1 is 1.44 bits per heavy atom. The van der Waals surface area contributed by atoms with Crippen molar-refractivity contribution in [1.29, 1.82) is 0 Å². The highest BCUT2D eigenvalue weighted by Crippen LogP contribution is 2.31. The third kappa shape index (κ3) is 3.04. The molecule has 1 saturated heterocycles. The van der Waals surface area contributed by atoms with Gasteiger partial charge in [-0.15, -0.1) is 11.3 Å². The van der Waals surface area contributed by atoms with Crippen molar-refractivity contribution in [1.82, 2.24) is 4.98 Å². The van der Waals surface area contributed by atoms with E-state index in [0.717, 1.165) is 18.8 Å². The Bertz CT molecular complexity index is 375. The van der Waals surface area contributed by atoms with Crippen molar-refractivity contribution in [3.05, 3.63) is 10.6 Å². The zero-order valence-electron chi connectivity index (χ0n) is 11.6. The zero-order valence-corrected chi connectivity index (χ0v) is 12.4. The van der Waals surface area contributed by atoms with Gasteiger partial charge in [0.2, 0.25) is 0 Å². The van der Waals surface area contributed by atoms with Crippen LogP contribution in [0.3, 0.4) is 0 Å². The summed E-state index contributed by atoms with van der Waals surface area (Å²) in [5.74, 6) is 0.846. The van der Waals surface area contributed by atoms with E-state index in [9.17, 15) is 0 Å². The molecule has 3 nitrogen and oxygen atoms in total. The van der Waals surface area contributed by atoms with Gasteiger partial charge in [-0.3, -0.25) is 0 Å². The van der Waals surface area contributed by atoms with Crippen LogP contribution in [0, 0.1) is 5.92 Å². The van der Waals surface area contributed by atoms with Gasteiger partial charge in [0.25, 0.3) is 0 Å². The fourth-order valence-corrected chi connectivity index (χ4v) is 3.69. The maximum atomic E-state index is 5.83. The molecule has 2 rings (SSSR count). The van der Waals surface area contributed by atoms with Gasteiger partial charge in [0, 0.05) is 24.5 Å². The van der Waals surface area contributed by atoms with Crippen molar-refractivity contribution in [3.63, 3.8) is 0 Å². The van der Waals surface area contributed by atoms with E-state index < -0.39 is 0 Å². The normalized spacial score (nSPS) is 20.4. The van der Waals surface area contributed by atoms with Crippen molar-refractivity contribution >= 4 is 16.5 Å². The van der Waals surface area contributed by atoms with Gasteiger partial charge in [0.1, 0.15) is 0 Å². The third-order valence-corrected chi connectivity index (χ3v) is 4.99. The molecule has 2 heterocycles. The van der Waals surface area contributed by atoms with Gasteiger partial charge in [0.15, 0.2) is 5.13 Å². The lowest BCUT2D eigenvalue weighted by Gasteiger charge is -2.31. The molecule has 0 aromatic carbocycles. The Balaban J connectivity index is 2.12. The molecular formula is C14H25N3S. The van der Waals surface area contributed by atoms with E-state index in [0.29, 0.717) is 6.54 Å². The van der Waals surface area contributed by atoms with E-state index >= 15 is 0 Å². The van der Waals surface area contributed by atoms with Crippen LogP contribution in [0.15, 0.2) is 0 Å². The number of aromatic nitrogens is 1. The van der Waals surface area contributed by atoms with Crippen LogP contribution < -0.4 is 10.6 Å². The summed E-state index contributed by atoms with van der Waals surface area (Å²) in [5, 5.41) is 1.21. The van der Waals surface area contributed by atoms with Gasteiger partial charge in [-0.1, -0.05) is 26.7 Å². The van der Waals surface area contributed by atoms with Crippen LogP contribution in [-0.4, -0.2) is 18.1 Å². The number of nitrogens with two attached hydrogens (primary N) is 1. The fraction of sp³-hybridized carbons (Fsp3) is 0.786. The Kier molecular flexibility index (Phi) is 5.01. The molecular weight excluding hydrogens is 242 g/mol. The predicted molar refractivity (Wildman–Crippen MR) is 79.2 cm³/mol. The molecule has 1 atom stereocenters. The number of aryl methyl sites for hydroxylation is 1. The minimum Gasteiger partial charge on any atom is -0.348 e. The maximum Gasteiger partial charge on any atom is 0.185 e. The Morgan fingerprint density at radius 3 is 2.94 bits per heavy atom. The van der Waals surface area contributed by atoms with E-state index in [4.69, 9.17) is 10.7 Å². The van der Waals surface area contributed by atoms with Gasteiger partial charge in [0.05, 0.1) is 5.69 Å². The van der Waals surface area contributed by atoms with Gasteiger partial charge < -0.3 is 10.6 Å². The average molecular weight is 267 g/mol. The van der Waals surface area contributed by atoms with E-state index in [2.05, 4.69) is 18.7 Å². The van der Waals surface area contributed by atoms with Gasteiger partial charge in [-0.05, 0) is 25.2 Å². The number of rotatable bonds is 5. The van der Waals surface area contributed by atoms with Crippen molar-refractivity contribution in [3.8, 4) is 0 Å². The fourth-order valence-electron chi connectivity index (χ4n) is 2.67. The molecule has 1 aromatic rings. The lowest BCUT2D eigenvalue weighted by Crippen LogP contribution is -2.35. The molecule has 102 valence electrons. The van der Waals surface area contributed by atoms with Crippen LogP contribution in [0.25, 0.3) is 0 Å². The largest absolute Gasteiger partial charge is 0.348 e. The quantitative estimate of drug-likeness (QED) is 0.891. The van der Waals surface area contributed by atoms with Crippen LogP contribution in [0.1, 0.15) is 50.1 Å². The lowest BCUT2D eigenvalue weighted by molar-refractivity contribution is 0.404. The Labute approximate surface area is 114 Å². The number of anilines is 1. The highest BCUT2D eigenvalue weighted by molar-refractivity contribution is 7.15. The second-order valence-electron chi connectivity index (χ2n) is 5.18. The standard InChI is InChI=1S/C14H25N3S/c1-3-6-12-13(9-15)18-14(16-12)17-8-5-7-11(4-2)10-17/h11H,3-10,15H2,1-2H3. The van der Waals surface area contributed by atoms with Crippen molar-refractivity contribution in [2.45, 2.75) is 52.5 Å². The SMILES string of the molecule is CCCc1nc(N2CCCC(CC)C2)sc1CN. The smallest absolute Gasteiger partial charge is 0.185 e. The molecule has 1 unspecified atom stereocenters. The summed E-state index contributed by atoms with van der Waals surface area (Å²) >= 11 is 1.81. The van der Waals surface area contributed by atoms with Crippen molar-refractivity contribution < 1.29 is 0 Å². The molecule has 1 fully saturated rings. The van der Waals surface area contributed by atoms with Crippen LogP contribution in [0.5, 0.6) is 0 Å². The van der Waals surface area contributed by atoms with Crippen LogP contribution in [0.2, 0.25) is 0 Å². The van der Waals surface area contributed by atoms with E-state index in [1.54, 1.807) is 0 Å². The molecule has 0 aliphatic carbocycles. The molecule has 0 bridgehead atoms. The molecule has 1 aliphatic rings. The third-order valence-electron chi connectivity index (χ3n) is 3.81. The molecule has 1 aromatic heterocycles. The van der Waals surface area contributed by atoms with Crippen molar-refractivity contribution in [2.24, 2.45) is 11.7 Å². The zero-order chi connectivity index (χ0) is 13.0. The first-order valence-corrected chi connectivity index (χ1v) is 8.03. The number of piperidine rings is 1. The first-order valence-electron chi connectivity index (χ1n) is 7.22. The first kappa shape index (κ1) is 13.8. The highest BCUT2D eigenvalue weighted by Gasteiger charge is 2.22. The maximum absolute atomic E-state index is 5.83. The molecule has 4 heteroatoms. The van der Waals surface area contributed by atoms with Crippen molar-refractivity contribution in [2.75, 3.05) is 18.0 Å². The molecule has 0 spiro atoms. The number of nitrogens with zero attached hydrogens (tertiary/aromatic N) is 2. The lowest BCUT2D eigenvalue weighted by atomic mass is 9.96. The minimum atomic E-state index is 0.637. The van der Waals surface area contributed by atoms with Gasteiger partial charge >= 0.3 is 0 Å². The summed E-state index contributed by atoms with van der Waals surface area (Å²) in [6.07, 6.45) is 6.18. The van der Waals surface area contributed by atoms with Crippen LogP contribution in [0.4, 0.5) is 5.13 Å².